The van der Waals surface area contributed by atoms with Crippen LogP contribution in [0.15, 0.2) is 97.1 Å². The fourth-order valence-electron chi connectivity index (χ4n) is 11.1. The lowest BCUT2D eigenvalue weighted by atomic mass is 9.87. The first-order valence-electron chi connectivity index (χ1n) is 36.0. The van der Waals surface area contributed by atoms with Crippen molar-refractivity contribution in [3.05, 3.63) is 119 Å². The third-order valence-electron chi connectivity index (χ3n) is 17.5. The second-order valence-corrected chi connectivity index (χ2v) is 32.8. The number of phenols is 1. The summed E-state index contributed by atoms with van der Waals surface area (Å²) in [7, 11) is -2.13. The standard InChI is InChI=1S/C16H23F2NO2.C16H19F2NO2.C14H16F2O2.C8H14F2O3S.C7H12F2O.C7H6O2.C4H8O.C2H3N.C2H6S.CH3ClO2S.B/c2*17-16(18)7-4-12(5-8-16)11-21-14-3-1-2-13(10-14)15(20)6-9-19;15-14(16)6-4-11(5-7-14)10-18-13-3-1-2-12(8-13)9-17;1-14(11,12)13-6-7-2-4-8(9,10)5-3-7;8-7(9)3-1-6(5-10)2-4-7;8-5-6-2-1-3-7(9)4-6;1-2-4-5-3-1;1-2-3;1-3-2;1-5(2,3)4;/h1-3,10,12,15,20H,4-9,11,19H2;1-3,10,12,15,20H,4-8,11H2;1-3,8-9,11H,4-7,10H2;7H,2-6H2,1H3;6,10H,1-5H2;1-5,9H;1-4H2;1H3;1-2H3;1H3;. The highest BCUT2D eigenvalue weighted by molar-refractivity contribution is 8.13. The first-order chi connectivity index (χ1) is 51.2. The van der Waals surface area contributed by atoms with Crippen molar-refractivity contribution in [2.45, 2.75) is 203 Å². The molecule has 6 N–H and O–H groups in total. The monoisotopic (exact) mass is 1650 g/mol. The maximum absolute atomic E-state index is 13.1. The van der Waals surface area contributed by atoms with Crippen LogP contribution in [0.25, 0.3) is 0 Å². The summed E-state index contributed by atoms with van der Waals surface area (Å²) >= 11 is 1.75. The number of nitrogens with zero attached hydrogens (tertiary/aromatic N) is 2. The fraction of sp³-hybridized carbons (Fsp3) is 0.636. The Labute approximate surface area is 654 Å². The van der Waals surface area contributed by atoms with E-state index < -0.39 is 61.0 Å². The number of alkyl halides is 10. The van der Waals surface area contributed by atoms with Gasteiger partial charge in [0.1, 0.15) is 35.6 Å². The number of halogens is 11. The number of aliphatic hydroxyl groups is 3. The molecule has 1 saturated heterocycles. The average molecular weight is 1650 g/mol. The van der Waals surface area contributed by atoms with E-state index in [-0.39, 0.29) is 128 Å². The molecule has 4 aromatic carbocycles. The molecule has 621 valence electrons. The SMILES string of the molecule is C1CCOC1.CC#N.CS(=O)(=O)Cl.CS(=O)(=O)OCC1CCC(F)(F)CC1.CSC.N#CCC(O)c1cccc(OCC2CCC(F)(F)CC2)c1.NCCC(O)c1cccc(OCC2CCC(F)(F)CC2)c1.O=Cc1cccc(O)c1.O=Cc1cccc(OCC2CCC(F)(F)CC2)c1.OCC1CCC(F)(F)CC1.[B]. The molecule has 0 amide bonds. The number of rotatable bonds is 20. The predicted molar refractivity (Wildman–Crippen MR) is 408 cm³/mol. The van der Waals surface area contributed by atoms with Crippen LogP contribution in [0.2, 0.25) is 0 Å². The predicted octanol–water partition coefficient (Wildman–Crippen LogP) is 17.7. The van der Waals surface area contributed by atoms with Gasteiger partial charge in [-0.2, -0.15) is 30.7 Å². The van der Waals surface area contributed by atoms with Crippen molar-refractivity contribution in [1.82, 2.24) is 0 Å². The highest BCUT2D eigenvalue weighted by Gasteiger charge is 2.39. The first kappa shape index (κ1) is 104. The molecule has 0 aromatic heterocycles. The number of hydrogen-bond donors (Lipinski definition) is 5. The molecular formula is C77H110BClF10N3O15S3. The van der Waals surface area contributed by atoms with Crippen LogP contribution in [0, 0.1) is 52.3 Å². The Balaban J connectivity index is 0.00000126. The van der Waals surface area contributed by atoms with Crippen molar-refractivity contribution in [2.24, 2.45) is 35.3 Å². The topological polar surface area (TPSA) is 303 Å². The number of aliphatic hydroxyl groups excluding tert-OH is 3. The molecular weight excluding hydrogens is 1540 g/mol. The zero-order valence-electron chi connectivity index (χ0n) is 63.3. The van der Waals surface area contributed by atoms with Crippen LogP contribution in [-0.2, 0) is 28.1 Å². The molecule has 6 aliphatic rings. The minimum atomic E-state index is -3.44. The molecule has 4 aromatic rings. The summed E-state index contributed by atoms with van der Waals surface area (Å²) in [5, 5.41) is 53.0. The zero-order valence-corrected chi connectivity index (χ0v) is 66.5. The highest BCUT2D eigenvalue weighted by Crippen LogP contribution is 2.41. The van der Waals surface area contributed by atoms with Crippen LogP contribution < -0.4 is 19.9 Å². The summed E-state index contributed by atoms with van der Waals surface area (Å²) in [5.41, 5.74) is 7.88. The summed E-state index contributed by atoms with van der Waals surface area (Å²) < 4.78 is 195. The van der Waals surface area contributed by atoms with Crippen molar-refractivity contribution in [3.63, 3.8) is 0 Å². The van der Waals surface area contributed by atoms with Crippen LogP contribution >= 0.6 is 22.4 Å². The summed E-state index contributed by atoms with van der Waals surface area (Å²) in [6.45, 7) is 5.26. The molecule has 2 atom stereocenters. The number of ether oxygens (including phenoxy) is 4. The Morgan fingerprint density at radius 3 is 1.14 bits per heavy atom. The van der Waals surface area contributed by atoms with Gasteiger partial charge in [0.05, 0.1) is 69.7 Å². The molecule has 33 heteroatoms. The molecule has 1 heterocycles. The van der Waals surface area contributed by atoms with Crippen molar-refractivity contribution in [2.75, 3.05) is 77.8 Å². The van der Waals surface area contributed by atoms with Gasteiger partial charge in [-0.05, 0) is 192 Å². The van der Waals surface area contributed by atoms with Gasteiger partial charge >= 0.3 is 0 Å². The summed E-state index contributed by atoms with van der Waals surface area (Å²) in [6.07, 6.45) is 12.9. The number of thioether (sulfide) groups is 1. The second kappa shape index (κ2) is 55.5. The van der Waals surface area contributed by atoms with E-state index >= 15 is 0 Å². The lowest BCUT2D eigenvalue weighted by Gasteiger charge is -2.28. The van der Waals surface area contributed by atoms with Crippen molar-refractivity contribution < 1.29 is 114 Å². The van der Waals surface area contributed by atoms with Gasteiger partial charge in [0.2, 0.25) is 38.7 Å². The maximum atomic E-state index is 13.1. The Hall–Kier alpha value is -5.94. The van der Waals surface area contributed by atoms with Crippen molar-refractivity contribution in [3.8, 4) is 35.1 Å². The Bertz CT molecular complexity index is 3430. The summed E-state index contributed by atoms with van der Waals surface area (Å²) in [5.74, 6) is -9.92. The van der Waals surface area contributed by atoms with Gasteiger partial charge in [-0.3, -0.25) is 13.8 Å². The molecule has 0 bridgehead atoms. The van der Waals surface area contributed by atoms with Gasteiger partial charge < -0.3 is 45.1 Å². The third-order valence-corrected chi connectivity index (χ3v) is 18.0. The van der Waals surface area contributed by atoms with E-state index in [1.54, 1.807) is 84.6 Å². The number of aldehydes is 2. The Morgan fingerprint density at radius 1 is 0.555 bits per heavy atom. The van der Waals surface area contributed by atoms with Gasteiger partial charge in [0.15, 0.2) is 0 Å². The van der Waals surface area contributed by atoms with E-state index in [1.165, 1.54) is 31.9 Å². The molecule has 6 fully saturated rings. The zero-order chi connectivity index (χ0) is 82.2. The molecule has 0 spiro atoms. The minimum absolute atomic E-state index is 0. The molecule has 10 rings (SSSR count). The Kier molecular flexibility index (Phi) is 52.5. The molecule has 1 aliphatic heterocycles. The van der Waals surface area contributed by atoms with Crippen molar-refractivity contribution >= 4 is 62.6 Å². The number of benzene rings is 4. The number of nitrogens with two attached hydrogens (primary N) is 1. The number of carbonyl (C=O) groups excluding carboxylic acids is 2. The number of hydrogen-bond acceptors (Lipinski definition) is 19. The number of carbonyl (C=O) groups is 2. The molecule has 5 saturated carbocycles. The van der Waals surface area contributed by atoms with E-state index in [4.69, 9.17) is 45.4 Å². The number of phenolic OH excluding ortho intramolecular Hbond substituents is 1. The van der Waals surface area contributed by atoms with Gasteiger partial charge in [0.25, 0.3) is 10.1 Å². The maximum Gasteiger partial charge on any atom is 0.264 e. The van der Waals surface area contributed by atoms with Gasteiger partial charge in [-0.15, -0.1) is 0 Å². The quantitative estimate of drug-likeness (QED) is 0.0180. The van der Waals surface area contributed by atoms with Gasteiger partial charge in [0, 0.05) is 121 Å². The highest BCUT2D eigenvalue weighted by atomic mass is 35.7. The smallest absolute Gasteiger partial charge is 0.264 e. The Morgan fingerprint density at radius 2 is 0.855 bits per heavy atom. The molecule has 3 radical (unpaired) electrons. The molecule has 110 heavy (non-hydrogen) atoms. The van der Waals surface area contributed by atoms with Crippen LogP contribution in [0.5, 0.6) is 23.0 Å². The van der Waals surface area contributed by atoms with Crippen LogP contribution in [0.1, 0.15) is 205 Å². The van der Waals surface area contributed by atoms with E-state index in [0.29, 0.717) is 137 Å². The van der Waals surface area contributed by atoms with E-state index in [9.17, 15) is 80.5 Å². The largest absolute Gasteiger partial charge is 0.508 e. The van der Waals surface area contributed by atoms with Gasteiger partial charge in [-0.25, -0.2) is 52.3 Å². The lowest BCUT2D eigenvalue weighted by Crippen LogP contribution is -2.27. The van der Waals surface area contributed by atoms with E-state index in [1.807, 2.05) is 36.8 Å². The first-order valence-corrected chi connectivity index (χ1v) is 42.2. The van der Waals surface area contributed by atoms with Crippen LogP contribution in [0.3, 0.4) is 0 Å². The molecule has 5 aliphatic carbocycles. The normalized spacial score (nSPS) is 18.8. The third kappa shape index (κ3) is 53.1. The fourth-order valence-corrected chi connectivity index (χ4v) is 11.6. The molecule has 18 nitrogen and oxygen atoms in total. The van der Waals surface area contributed by atoms with Crippen LogP contribution in [-0.4, -0.2) is 166 Å². The summed E-state index contributed by atoms with van der Waals surface area (Å²) in [4.78, 5) is 20.6. The van der Waals surface area contributed by atoms with E-state index in [2.05, 4.69) is 14.9 Å². The minimum Gasteiger partial charge on any atom is -0.508 e. The number of nitriles is 2. The van der Waals surface area contributed by atoms with Gasteiger partial charge in [-0.1, -0.05) is 48.5 Å². The lowest BCUT2D eigenvalue weighted by molar-refractivity contribution is -0.0514. The second-order valence-electron chi connectivity index (χ2n) is 27.3. The number of aromatic hydroxyl groups is 1. The average Bonchev–Trinajstić information content (AvgIpc) is 1.62. The van der Waals surface area contributed by atoms with Crippen molar-refractivity contribution in [1.29, 1.82) is 10.5 Å². The van der Waals surface area contributed by atoms with Crippen LogP contribution in [0.4, 0.5) is 43.9 Å². The molecule has 2 unspecified atom stereocenters. The summed E-state index contributed by atoms with van der Waals surface area (Å²) in [6, 6.07) is 30.9. The van der Waals surface area contributed by atoms with E-state index in [0.717, 1.165) is 37.6 Å².